The summed E-state index contributed by atoms with van der Waals surface area (Å²) in [6, 6.07) is 13.6. The van der Waals surface area contributed by atoms with Gasteiger partial charge in [-0.25, -0.2) is 4.79 Å². The quantitative estimate of drug-likeness (QED) is 0.540. The van der Waals surface area contributed by atoms with Crippen LogP contribution in [-0.2, 0) is 27.5 Å². The van der Waals surface area contributed by atoms with Gasteiger partial charge in [-0.2, -0.15) is 0 Å². The highest BCUT2D eigenvalue weighted by Gasteiger charge is 2.09. The Bertz CT molecular complexity index is 785. The number of carboxylic acid groups (broad SMARTS) is 1. The summed E-state index contributed by atoms with van der Waals surface area (Å²) in [4.78, 5) is 33.4. The van der Waals surface area contributed by atoms with Gasteiger partial charge >= 0.3 is 18.0 Å². The monoisotopic (exact) mass is 373 g/mol. The van der Waals surface area contributed by atoms with Crippen LogP contribution >= 0.6 is 0 Å². The zero-order valence-corrected chi connectivity index (χ0v) is 14.6. The van der Waals surface area contributed by atoms with Crippen LogP contribution in [0.4, 0.5) is 4.79 Å². The first-order valence-electron chi connectivity index (χ1n) is 8.01. The molecular formula is C19H19NO7. The number of hydrogen-bond acceptors (Lipinski definition) is 6. The first-order chi connectivity index (χ1) is 13.0. The van der Waals surface area contributed by atoms with Crippen molar-refractivity contribution in [3.8, 4) is 11.5 Å². The molecule has 0 heterocycles. The van der Waals surface area contributed by atoms with Gasteiger partial charge in [-0.15, -0.1) is 0 Å². The van der Waals surface area contributed by atoms with Gasteiger partial charge in [0.05, 0.1) is 7.11 Å². The minimum atomic E-state index is -1.25. The highest BCUT2D eigenvalue weighted by atomic mass is 16.6. The minimum Gasteiger partial charge on any atom is -0.497 e. The van der Waals surface area contributed by atoms with Gasteiger partial charge in [0.2, 0.25) is 0 Å². The van der Waals surface area contributed by atoms with Crippen molar-refractivity contribution >= 4 is 18.0 Å². The number of ether oxygens (including phenoxy) is 3. The molecule has 2 rings (SSSR count). The molecule has 142 valence electrons. The Hall–Kier alpha value is -3.55. The van der Waals surface area contributed by atoms with Crippen LogP contribution in [0.2, 0.25) is 0 Å². The van der Waals surface area contributed by atoms with E-state index in [4.69, 9.17) is 19.3 Å². The SMILES string of the molecule is COc1ccc(CNC(=O)Oc2ccc(COC(=O)CC(=O)O)cc2)cc1. The van der Waals surface area contributed by atoms with Crippen LogP contribution in [0.15, 0.2) is 48.5 Å². The maximum absolute atomic E-state index is 11.8. The van der Waals surface area contributed by atoms with Crippen molar-refractivity contribution < 1.29 is 33.7 Å². The molecule has 0 aliphatic rings. The van der Waals surface area contributed by atoms with Crippen LogP contribution in [0.3, 0.4) is 0 Å². The molecule has 0 saturated carbocycles. The molecule has 0 aliphatic heterocycles. The summed E-state index contributed by atoms with van der Waals surface area (Å²) in [5, 5.41) is 11.1. The third-order valence-corrected chi connectivity index (χ3v) is 3.43. The Morgan fingerprint density at radius 1 is 0.926 bits per heavy atom. The van der Waals surface area contributed by atoms with Crippen LogP contribution in [0.5, 0.6) is 11.5 Å². The minimum absolute atomic E-state index is 0.0595. The number of carboxylic acids is 1. The molecule has 0 radical (unpaired) electrons. The summed E-state index contributed by atoms with van der Waals surface area (Å²) in [6.45, 7) is 0.247. The average Bonchev–Trinajstić information content (AvgIpc) is 2.66. The molecule has 0 aliphatic carbocycles. The lowest BCUT2D eigenvalue weighted by Crippen LogP contribution is -2.26. The van der Waals surface area contributed by atoms with Gasteiger partial charge in [0.25, 0.3) is 0 Å². The van der Waals surface area contributed by atoms with Crippen molar-refractivity contribution in [2.75, 3.05) is 7.11 Å². The molecule has 2 aromatic rings. The van der Waals surface area contributed by atoms with Gasteiger partial charge in [0.15, 0.2) is 0 Å². The second-order valence-electron chi connectivity index (χ2n) is 5.47. The lowest BCUT2D eigenvalue weighted by atomic mass is 10.2. The zero-order valence-electron chi connectivity index (χ0n) is 14.6. The Labute approximate surface area is 155 Å². The predicted octanol–water partition coefficient (Wildman–Crippen LogP) is 2.50. The summed E-state index contributed by atoms with van der Waals surface area (Å²) >= 11 is 0. The molecule has 0 spiro atoms. The number of carbonyl (C=O) groups is 3. The van der Waals surface area contributed by atoms with E-state index in [0.29, 0.717) is 17.9 Å². The maximum atomic E-state index is 11.8. The molecule has 27 heavy (non-hydrogen) atoms. The van der Waals surface area contributed by atoms with E-state index in [9.17, 15) is 14.4 Å². The normalized spacial score (nSPS) is 9.96. The van der Waals surface area contributed by atoms with Crippen LogP contribution in [0, 0.1) is 0 Å². The van der Waals surface area contributed by atoms with E-state index in [1.165, 1.54) is 0 Å². The molecule has 2 N–H and O–H groups in total. The molecule has 0 bridgehead atoms. The van der Waals surface area contributed by atoms with E-state index in [0.717, 1.165) is 11.3 Å². The first kappa shape index (κ1) is 19.8. The zero-order chi connectivity index (χ0) is 19.6. The molecular weight excluding hydrogens is 354 g/mol. The summed E-state index contributed by atoms with van der Waals surface area (Å²) in [5.41, 5.74) is 1.53. The Balaban J connectivity index is 1.76. The van der Waals surface area contributed by atoms with E-state index in [2.05, 4.69) is 5.32 Å². The van der Waals surface area contributed by atoms with Crippen molar-refractivity contribution in [2.24, 2.45) is 0 Å². The van der Waals surface area contributed by atoms with E-state index in [-0.39, 0.29) is 6.61 Å². The number of benzene rings is 2. The average molecular weight is 373 g/mol. The molecule has 0 fully saturated rings. The Morgan fingerprint density at radius 2 is 1.52 bits per heavy atom. The first-order valence-corrected chi connectivity index (χ1v) is 8.01. The van der Waals surface area contributed by atoms with E-state index in [1.54, 1.807) is 43.5 Å². The predicted molar refractivity (Wildman–Crippen MR) is 94.3 cm³/mol. The van der Waals surface area contributed by atoms with Gasteiger partial charge < -0.3 is 24.6 Å². The smallest absolute Gasteiger partial charge is 0.412 e. The second-order valence-corrected chi connectivity index (χ2v) is 5.47. The molecule has 0 saturated heterocycles. The highest BCUT2D eigenvalue weighted by Crippen LogP contribution is 2.14. The van der Waals surface area contributed by atoms with Crippen molar-refractivity contribution in [1.29, 1.82) is 0 Å². The molecule has 0 atom stereocenters. The number of nitrogens with one attached hydrogen (secondary N) is 1. The van der Waals surface area contributed by atoms with E-state index >= 15 is 0 Å². The van der Waals surface area contributed by atoms with Crippen LogP contribution < -0.4 is 14.8 Å². The third-order valence-electron chi connectivity index (χ3n) is 3.43. The topological polar surface area (TPSA) is 111 Å². The van der Waals surface area contributed by atoms with E-state index in [1.807, 2.05) is 12.1 Å². The van der Waals surface area contributed by atoms with Gasteiger partial charge in [0.1, 0.15) is 24.5 Å². The maximum Gasteiger partial charge on any atom is 0.412 e. The summed E-state index contributed by atoms with van der Waals surface area (Å²) in [6.07, 6.45) is -1.29. The van der Waals surface area contributed by atoms with Crippen LogP contribution in [0.25, 0.3) is 0 Å². The number of rotatable bonds is 8. The molecule has 1 amide bonds. The molecule has 2 aromatic carbocycles. The fraction of sp³-hybridized carbons (Fsp3) is 0.211. The number of aliphatic carboxylic acids is 1. The molecule has 0 aromatic heterocycles. The Morgan fingerprint density at radius 3 is 2.11 bits per heavy atom. The van der Waals surface area contributed by atoms with Crippen molar-refractivity contribution in [3.05, 3.63) is 59.7 Å². The number of esters is 1. The van der Waals surface area contributed by atoms with Crippen LogP contribution in [-0.4, -0.2) is 30.2 Å². The van der Waals surface area contributed by atoms with Gasteiger partial charge in [-0.1, -0.05) is 24.3 Å². The van der Waals surface area contributed by atoms with Crippen molar-refractivity contribution in [2.45, 2.75) is 19.6 Å². The summed E-state index contributed by atoms with van der Waals surface area (Å²) < 4.78 is 15.0. The molecule has 0 unspecified atom stereocenters. The lowest BCUT2D eigenvalue weighted by Gasteiger charge is -2.08. The third kappa shape index (κ3) is 7.07. The fourth-order valence-electron chi connectivity index (χ4n) is 2.05. The number of amides is 1. The lowest BCUT2D eigenvalue weighted by molar-refractivity contribution is -0.152. The Kier molecular flexibility index (Phi) is 7.18. The molecule has 8 nitrogen and oxygen atoms in total. The summed E-state index contributed by atoms with van der Waals surface area (Å²) in [7, 11) is 1.58. The van der Waals surface area contributed by atoms with E-state index < -0.39 is 24.5 Å². The summed E-state index contributed by atoms with van der Waals surface area (Å²) in [5.74, 6) is -1.01. The van der Waals surface area contributed by atoms with Crippen LogP contribution in [0.1, 0.15) is 17.5 Å². The fourth-order valence-corrected chi connectivity index (χ4v) is 2.05. The van der Waals surface area contributed by atoms with Gasteiger partial charge in [-0.05, 0) is 35.4 Å². The largest absolute Gasteiger partial charge is 0.497 e. The highest BCUT2D eigenvalue weighted by molar-refractivity contribution is 5.90. The van der Waals surface area contributed by atoms with Gasteiger partial charge in [-0.3, -0.25) is 9.59 Å². The standard InChI is InChI=1S/C19H19NO7/c1-25-15-6-2-13(3-7-15)11-20-19(24)27-16-8-4-14(5-9-16)12-26-18(23)10-17(21)22/h2-9H,10-12H2,1H3,(H,20,24)(H,21,22). The second kappa shape index (κ2) is 9.81. The number of methoxy groups -OCH3 is 1. The van der Waals surface area contributed by atoms with Crippen molar-refractivity contribution in [1.82, 2.24) is 5.32 Å². The van der Waals surface area contributed by atoms with Crippen molar-refractivity contribution in [3.63, 3.8) is 0 Å². The number of hydrogen-bond donors (Lipinski definition) is 2. The number of carbonyl (C=O) groups excluding carboxylic acids is 2. The van der Waals surface area contributed by atoms with Gasteiger partial charge in [0, 0.05) is 6.54 Å². The molecule has 8 heteroatoms.